The van der Waals surface area contributed by atoms with E-state index in [0.717, 1.165) is 21.4 Å². The monoisotopic (exact) mass is 455 g/mol. The van der Waals surface area contributed by atoms with Crippen LogP contribution in [-0.4, -0.2) is 15.9 Å². The van der Waals surface area contributed by atoms with Gasteiger partial charge in [0.1, 0.15) is 5.52 Å². The van der Waals surface area contributed by atoms with Crippen LogP contribution in [0.4, 0.5) is 5.13 Å². The summed E-state index contributed by atoms with van der Waals surface area (Å²) in [6.07, 6.45) is 3.48. The third-order valence-corrected chi connectivity index (χ3v) is 6.49. The molecule has 0 bridgehead atoms. The number of hydrogen-bond acceptors (Lipinski definition) is 4. The van der Waals surface area contributed by atoms with Crippen molar-refractivity contribution in [3.63, 3.8) is 0 Å². The fourth-order valence-corrected chi connectivity index (χ4v) is 4.77. The van der Waals surface area contributed by atoms with E-state index in [2.05, 4.69) is 17.1 Å². The molecule has 2 aromatic heterocycles. The van der Waals surface area contributed by atoms with Gasteiger partial charge in [0, 0.05) is 18.0 Å². The molecule has 0 aliphatic rings. The maximum Gasteiger partial charge on any atom is 0.260 e. The molecule has 0 fully saturated rings. The van der Waals surface area contributed by atoms with Gasteiger partial charge in [0.25, 0.3) is 5.91 Å². The zero-order valence-corrected chi connectivity index (χ0v) is 18.6. The van der Waals surface area contributed by atoms with Gasteiger partial charge in [0.05, 0.1) is 16.3 Å². The minimum absolute atomic E-state index is 0.122. The van der Waals surface area contributed by atoms with E-state index < -0.39 is 0 Å². The summed E-state index contributed by atoms with van der Waals surface area (Å²) in [5.74, 6) is -0.122. The molecule has 2 heterocycles. The number of thiazole rings is 1. The Morgan fingerprint density at radius 1 is 0.875 bits per heavy atom. The van der Waals surface area contributed by atoms with Crippen molar-refractivity contribution in [3.05, 3.63) is 113 Å². The number of aromatic nitrogens is 2. The Morgan fingerprint density at radius 2 is 1.66 bits per heavy atom. The summed E-state index contributed by atoms with van der Waals surface area (Å²) >= 11 is 7.79. The average Bonchev–Trinajstić information content (AvgIpc) is 3.29. The van der Waals surface area contributed by atoms with Gasteiger partial charge in [-0.05, 0) is 47.0 Å². The Bertz CT molecular complexity index is 1370. The first kappa shape index (κ1) is 20.4. The Hall–Kier alpha value is -3.54. The zero-order chi connectivity index (χ0) is 21.9. The number of rotatable bonds is 5. The minimum Gasteiger partial charge on any atom is -0.279 e. The quantitative estimate of drug-likeness (QED) is 0.291. The Morgan fingerprint density at radius 3 is 2.38 bits per heavy atom. The SMILES string of the molecule is O=C(c1ccc(-c2ccccc2)cc1)N(Cc1cccnc1)c1nc2c(Cl)cccc2s1. The number of anilines is 1. The van der Waals surface area contributed by atoms with Crippen LogP contribution in [0.25, 0.3) is 21.3 Å². The lowest BCUT2D eigenvalue weighted by molar-refractivity contribution is 0.0985. The molecule has 0 saturated carbocycles. The van der Waals surface area contributed by atoms with Crippen LogP contribution in [0.5, 0.6) is 0 Å². The summed E-state index contributed by atoms with van der Waals surface area (Å²) in [5.41, 5.74) is 4.40. The van der Waals surface area contributed by atoms with E-state index in [4.69, 9.17) is 16.6 Å². The predicted molar refractivity (Wildman–Crippen MR) is 131 cm³/mol. The highest BCUT2D eigenvalue weighted by Crippen LogP contribution is 2.34. The molecule has 0 radical (unpaired) electrons. The van der Waals surface area contributed by atoms with Gasteiger partial charge in [-0.3, -0.25) is 14.7 Å². The average molecular weight is 456 g/mol. The molecular weight excluding hydrogens is 438 g/mol. The normalized spacial score (nSPS) is 10.9. The fraction of sp³-hybridized carbons (Fsp3) is 0.0385. The summed E-state index contributed by atoms with van der Waals surface area (Å²) in [4.78, 5) is 24.2. The molecule has 0 unspecified atom stereocenters. The number of amides is 1. The minimum atomic E-state index is -0.122. The molecule has 5 aromatic rings. The number of carbonyl (C=O) groups is 1. The Kier molecular flexibility index (Phi) is 5.67. The molecule has 156 valence electrons. The maximum atomic E-state index is 13.6. The van der Waals surface area contributed by atoms with Crippen LogP contribution >= 0.6 is 22.9 Å². The number of fused-ring (bicyclic) bond motifs is 1. The van der Waals surface area contributed by atoms with E-state index >= 15 is 0 Å². The maximum absolute atomic E-state index is 13.6. The number of nitrogens with zero attached hydrogens (tertiary/aromatic N) is 3. The van der Waals surface area contributed by atoms with Gasteiger partial charge in [0.2, 0.25) is 0 Å². The molecule has 32 heavy (non-hydrogen) atoms. The van der Waals surface area contributed by atoms with Crippen molar-refractivity contribution in [2.45, 2.75) is 6.54 Å². The smallest absolute Gasteiger partial charge is 0.260 e. The highest BCUT2D eigenvalue weighted by atomic mass is 35.5. The largest absolute Gasteiger partial charge is 0.279 e. The van der Waals surface area contributed by atoms with Gasteiger partial charge in [-0.25, -0.2) is 4.98 Å². The van der Waals surface area contributed by atoms with Crippen molar-refractivity contribution in [2.24, 2.45) is 0 Å². The number of halogens is 1. The molecule has 0 aliphatic carbocycles. The van der Waals surface area contributed by atoms with Gasteiger partial charge in [-0.2, -0.15) is 0 Å². The summed E-state index contributed by atoms with van der Waals surface area (Å²) in [5, 5.41) is 1.18. The molecule has 0 atom stereocenters. The van der Waals surface area contributed by atoms with Crippen molar-refractivity contribution in [2.75, 3.05) is 4.90 Å². The number of benzene rings is 3. The first-order valence-corrected chi connectivity index (χ1v) is 11.3. The third kappa shape index (κ3) is 4.13. The second kappa shape index (κ2) is 8.91. The molecule has 0 saturated heterocycles. The molecule has 0 aliphatic heterocycles. The van der Waals surface area contributed by atoms with Crippen molar-refractivity contribution >= 4 is 44.2 Å². The lowest BCUT2D eigenvalue weighted by Crippen LogP contribution is -2.30. The summed E-state index contributed by atoms with van der Waals surface area (Å²) < 4.78 is 0.941. The van der Waals surface area contributed by atoms with Gasteiger partial charge >= 0.3 is 0 Å². The summed E-state index contributed by atoms with van der Waals surface area (Å²) in [7, 11) is 0. The van der Waals surface area contributed by atoms with Gasteiger partial charge in [-0.1, -0.05) is 77.5 Å². The Balaban J connectivity index is 1.52. The molecular formula is C26H18ClN3OS. The van der Waals surface area contributed by atoms with Gasteiger partial charge < -0.3 is 0 Å². The van der Waals surface area contributed by atoms with E-state index in [0.29, 0.717) is 27.8 Å². The highest BCUT2D eigenvalue weighted by molar-refractivity contribution is 7.22. The van der Waals surface area contributed by atoms with Crippen molar-refractivity contribution in [1.29, 1.82) is 0 Å². The number of hydrogen-bond donors (Lipinski definition) is 0. The first-order valence-electron chi connectivity index (χ1n) is 10.1. The zero-order valence-electron chi connectivity index (χ0n) is 17.0. The third-order valence-electron chi connectivity index (χ3n) is 5.14. The predicted octanol–water partition coefficient (Wildman–Crippen LogP) is 6.86. The number of pyridine rings is 1. The summed E-state index contributed by atoms with van der Waals surface area (Å²) in [6.45, 7) is 0.366. The van der Waals surface area contributed by atoms with Crippen LogP contribution in [0.3, 0.4) is 0 Å². The molecule has 4 nitrogen and oxygen atoms in total. The molecule has 0 spiro atoms. The first-order chi connectivity index (χ1) is 15.7. The molecule has 3 aromatic carbocycles. The number of carbonyl (C=O) groups excluding carboxylic acids is 1. The van der Waals surface area contributed by atoms with E-state index in [9.17, 15) is 4.79 Å². The van der Waals surface area contributed by atoms with Crippen LogP contribution in [0.1, 0.15) is 15.9 Å². The van der Waals surface area contributed by atoms with Crippen LogP contribution < -0.4 is 4.90 Å². The van der Waals surface area contributed by atoms with Crippen LogP contribution in [0.15, 0.2) is 97.3 Å². The highest BCUT2D eigenvalue weighted by Gasteiger charge is 2.22. The lowest BCUT2D eigenvalue weighted by Gasteiger charge is -2.20. The van der Waals surface area contributed by atoms with Crippen molar-refractivity contribution in [3.8, 4) is 11.1 Å². The lowest BCUT2D eigenvalue weighted by atomic mass is 10.0. The summed E-state index contributed by atoms with van der Waals surface area (Å²) in [6, 6.07) is 27.2. The Labute approximate surface area is 194 Å². The van der Waals surface area contributed by atoms with Crippen LogP contribution in [0.2, 0.25) is 5.02 Å². The molecule has 6 heteroatoms. The number of para-hydroxylation sites is 1. The second-order valence-corrected chi connectivity index (χ2v) is 8.70. The second-order valence-electron chi connectivity index (χ2n) is 7.28. The molecule has 5 rings (SSSR count). The van der Waals surface area contributed by atoms with Crippen molar-refractivity contribution in [1.82, 2.24) is 9.97 Å². The van der Waals surface area contributed by atoms with Crippen LogP contribution in [0, 0.1) is 0 Å². The standard InChI is InChI=1S/C26H18ClN3OS/c27-22-9-4-10-23-24(22)29-26(32-23)30(17-18-6-5-15-28-16-18)25(31)21-13-11-20(12-14-21)19-7-2-1-3-8-19/h1-16H,17H2. The van der Waals surface area contributed by atoms with Gasteiger partial charge in [-0.15, -0.1) is 0 Å². The van der Waals surface area contributed by atoms with E-state index in [1.165, 1.54) is 11.3 Å². The van der Waals surface area contributed by atoms with Crippen molar-refractivity contribution < 1.29 is 4.79 Å². The molecule has 0 N–H and O–H groups in total. The van der Waals surface area contributed by atoms with E-state index in [1.54, 1.807) is 17.3 Å². The molecule has 1 amide bonds. The van der Waals surface area contributed by atoms with E-state index in [-0.39, 0.29) is 5.91 Å². The van der Waals surface area contributed by atoms with Crippen LogP contribution in [-0.2, 0) is 6.54 Å². The topological polar surface area (TPSA) is 46.1 Å². The fourth-order valence-electron chi connectivity index (χ4n) is 3.51. The van der Waals surface area contributed by atoms with E-state index in [1.807, 2.05) is 72.8 Å². The van der Waals surface area contributed by atoms with Gasteiger partial charge in [0.15, 0.2) is 5.13 Å².